The number of para-hydroxylation sites is 4. The molecular formula is C33H40N2O6P2. The number of nitrogens with zero attached hydrogens (tertiary/aromatic N) is 2. The molecule has 0 bridgehead atoms. The number of benzene rings is 4. The molecule has 43 heavy (non-hydrogen) atoms. The molecule has 228 valence electrons. The predicted octanol–water partition coefficient (Wildman–Crippen LogP) is 9.33. The summed E-state index contributed by atoms with van der Waals surface area (Å²) in [6.45, 7) is 8.42. The van der Waals surface area contributed by atoms with Crippen molar-refractivity contribution in [1.29, 1.82) is 0 Å². The van der Waals surface area contributed by atoms with Crippen LogP contribution in [0.15, 0.2) is 121 Å². The predicted molar refractivity (Wildman–Crippen MR) is 172 cm³/mol. The molecule has 4 rings (SSSR count). The second-order valence-electron chi connectivity index (χ2n) is 10.4. The van der Waals surface area contributed by atoms with Crippen LogP contribution in [0.5, 0.6) is 23.0 Å². The van der Waals surface area contributed by atoms with Gasteiger partial charge in [-0.1, -0.05) is 72.8 Å². The smallest absolute Gasteiger partial charge is 0.404 e. The van der Waals surface area contributed by atoms with Crippen LogP contribution in [-0.2, 0) is 9.13 Å². The SMILES string of the molecule is CC(C)N(CCCN(C(C)C)P(=O)(Oc1ccccc1)Oc1ccccc1)P(=O)(Oc1ccccc1)Oc1ccccc1. The topological polar surface area (TPSA) is 77.5 Å². The van der Waals surface area contributed by atoms with Crippen LogP contribution in [0.1, 0.15) is 34.1 Å². The first-order valence-electron chi connectivity index (χ1n) is 14.4. The minimum absolute atomic E-state index is 0.196. The Bertz CT molecular complexity index is 1270. The van der Waals surface area contributed by atoms with Gasteiger partial charge in [0.15, 0.2) is 0 Å². The molecule has 8 nitrogen and oxygen atoms in total. The Morgan fingerprint density at radius 1 is 0.465 bits per heavy atom. The van der Waals surface area contributed by atoms with Gasteiger partial charge in [-0.2, -0.15) is 9.34 Å². The zero-order valence-corrected chi connectivity index (χ0v) is 26.9. The van der Waals surface area contributed by atoms with Gasteiger partial charge in [0.2, 0.25) is 0 Å². The third-order valence-corrected chi connectivity index (χ3v) is 10.8. The normalized spacial score (nSPS) is 12.1. The minimum Gasteiger partial charge on any atom is -0.404 e. The fourth-order valence-electron chi connectivity index (χ4n) is 4.43. The lowest BCUT2D eigenvalue weighted by Gasteiger charge is -2.35. The lowest BCUT2D eigenvalue weighted by Crippen LogP contribution is -2.37. The van der Waals surface area contributed by atoms with Crippen LogP contribution < -0.4 is 18.1 Å². The van der Waals surface area contributed by atoms with Gasteiger partial charge in [0.25, 0.3) is 0 Å². The second-order valence-corrected chi connectivity index (χ2v) is 14.1. The number of hydrogen-bond donors (Lipinski definition) is 0. The maximum Gasteiger partial charge on any atom is 0.515 e. The van der Waals surface area contributed by atoms with E-state index in [0.29, 0.717) is 42.5 Å². The van der Waals surface area contributed by atoms with Crippen LogP contribution in [-0.4, -0.2) is 34.5 Å². The van der Waals surface area contributed by atoms with Crippen LogP contribution in [0.3, 0.4) is 0 Å². The van der Waals surface area contributed by atoms with Gasteiger partial charge >= 0.3 is 15.5 Å². The molecule has 0 fully saturated rings. The molecular weight excluding hydrogens is 582 g/mol. The largest absolute Gasteiger partial charge is 0.515 e. The van der Waals surface area contributed by atoms with Crippen LogP contribution in [0.2, 0.25) is 0 Å². The highest BCUT2D eigenvalue weighted by atomic mass is 31.2. The summed E-state index contributed by atoms with van der Waals surface area (Å²) in [7, 11) is -7.76. The zero-order chi connectivity index (χ0) is 30.7. The Kier molecular flexibility index (Phi) is 11.5. The van der Waals surface area contributed by atoms with Gasteiger partial charge in [0.05, 0.1) is 0 Å². The first-order valence-corrected chi connectivity index (χ1v) is 17.4. The van der Waals surface area contributed by atoms with Crippen molar-refractivity contribution in [3.8, 4) is 23.0 Å². The molecule has 0 saturated heterocycles. The summed E-state index contributed by atoms with van der Waals surface area (Å²) >= 11 is 0. The molecule has 4 aromatic carbocycles. The summed E-state index contributed by atoms with van der Waals surface area (Å²) < 4.78 is 57.0. The maximum absolute atomic E-state index is 14.5. The highest BCUT2D eigenvalue weighted by molar-refractivity contribution is 7.52. The van der Waals surface area contributed by atoms with Crippen LogP contribution in [0.25, 0.3) is 0 Å². The summed E-state index contributed by atoms with van der Waals surface area (Å²) in [6, 6.07) is 35.6. The van der Waals surface area contributed by atoms with E-state index in [-0.39, 0.29) is 12.1 Å². The Balaban J connectivity index is 1.58. The average Bonchev–Trinajstić information content (AvgIpc) is 2.98. The van der Waals surface area contributed by atoms with E-state index < -0.39 is 15.5 Å². The van der Waals surface area contributed by atoms with E-state index in [0.717, 1.165) is 0 Å². The molecule has 4 aromatic rings. The molecule has 0 radical (unpaired) electrons. The minimum atomic E-state index is -3.88. The van der Waals surface area contributed by atoms with Gasteiger partial charge in [-0.3, -0.25) is 0 Å². The van der Waals surface area contributed by atoms with E-state index >= 15 is 0 Å². The molecule has 0 aliphatic carbocycles. The third kappa shape index (κ3) is 9.22. The maximum atomic E-state index is 14.5. The lowest BCUT2D eigenvalue weighted by molar-refractivity contribution is 0.226. The summed E-state index contributed by atoms with van der Waals surface area (Å²) in [5.41, 5.74) is 0. The summed E-state index contributed by atoms with van der Waals surface area (Å²) in [5.74, 6) is 1.75. The highest BCUT2D eigenvalue weighted by Crippen LogP contribution is 2.55. The number of hydrogen-bond acceptors (Lipinski definition) is 6. The van der Waals surface area contributed by atoms with E-state index in [1.54, 1.807) is 57.9 Å². The second kappa shape index (κ2) is 15.3. The fraction of sp³-hybridized carbons (Fsp3) is 0.273. The highest BCUT2D eigenvalue weighted by Gasteiger charge is 2.41. The van der Waals surface area contributed by atoms with E-state index in [1.165, 1.54) is 0 Å². The monoisotopic (exact) mass is 622 g/mol. The van der Waals surface area contributed by atoms with E-state index in [4.69, 9.17) is 18.1 Å². The van der Waals surface area contributed by atoms with Crippen LogP contribution in [0, 0.1) is 0 Å². The van der Waals surface area contributed by atoms with Crippen LogP contribution >= 0.6 is 15.5 Å². The average molecular weight is 623 g/mol. The van der Waals surface area contributed by atoms with Crippen molar-refractivity contribution in [3.05, 3.63) is 121 Å². The molecule has 0 amide bonds. The molecule has 0 atom stereocenters. The Morgan fingerprint density at radius 2 is 0.698 bits per heavy atom. The molecule has 0 aromatic heterocycles. The van der Waals surface area contributed by atoms with Crippen molar-refractivity contribution >= 4 is 15.5 Å². The molecule has 0 N–H and O–H groups in total. The Labute approximate surface area is 255 Å². The lowest BCUT2D eigenvalue weighted by atomic mass is 10.3. The Hall–Kier alpha value is -3.54. The van der Waals surface area contributed by atoms with E-state index in [9.17, 15) is 9.13 Å². The molecule has 0 saturated carbocycles. The van der Waals surface area contributed by atoms with Crippen molar-refractivity contribution in [3.63, 3.8) is 0 Å². The van der Waals surface area contributed by atoms with Gasteiger partial charge in [0.1, 0.15) is 23.0 Å². The first kappa shape index (κ1) is 32.4. The first-order chi connectivity index (χ1) is 20.7. The van der Waals surface area contributed by atoms with E-state index in [2.05, 4.69) is 0 Å². The molecule has 0 aliphatic heterocycles. The molecule has 0 spiro atoms. The van der Waals surface area contributed by atoms with Crippen molar-refractivity contribution in [1.82, 2.24) is 9.34 Å². The van der Waals surface area contributed by atoms with Gasteiger partial charge in [-0.15, -0.1) is 0 Å². The van der Waals surface area contributed by atoms with Crippen molar-refractivity contribution in [2.45, 2.75) is 46.2 Å². The standard InChI is InChI=1S/C33H40N2O6P2/c1-28(2)34(42(36,38-30-18-9-5-10-19-30)39-31-20-11-6-12-21-31)26-17-27-35(29(3)4)43(37,40-32-22-13-7-14-23-32)41-33-24-15-8-16-25-33/h5-16,18-25,28-29H,17,26-27H2,1-4H3. The fourth-order valence-corrected chi connectivity index (χ4v) is 8.38. The molecule has 0 unspecified atom stereocenters. The van der Waals surface area contributed by atoms with Gasteiger partial charge < -0.3 is 18.1 Å². The van der Waals surface area contributed by atoms with Crippen LogP contribution in [0.4, 0.5) is 0 Å². The van der Waals surface area contributed by atoms with Crippen molar-refractivity contribution in [2.24, 2.45) is 0 Å². The number of rotatable bonds is 16. The molecule has 0 aliphatic rings. The zero-order valence-electron chi connectivity index (χ0n) is 25.1. The summed E-state index contributed by atoms with van der Waals surface area (Å²) in [6.07, 6.45) is 0.469. The third-order valence-electron chi connectivity index (χ3n) is 6.45. The molecule has 0 heterocycles. The van der Waals surface area contributed by atoms with Crippen molar-refractivity contribution in [2.75, 3.05) is 13.1 Å². The van der Waals surface area contributed by atoms with Gasteiger partial charge in [-0.25, -0.2) is 9.13 Å². The molecule has 10 heteroatoms. The van der Waals surface area contributed by atoms with Gasteiger partial charge in [-0.05, 0) is 82.6 Å². The van der Waals surface area contributed by atoms with Gasteiger partial charge in [0, 0.05) is 25.2 Å². The van der Waals surface area contributed by atoms with Crippen molar-refractivity contribution < 1.29 is 27.2 Å². The quantitative estimate of drug-likeness (QED) is 0.114. The summed E-state index contributed by atoms with van der Waals surface area (Å²) in [4.78, 5) is 0. The van der Waals surface area contributed by atoms with E-state index in [1.807, 2.05) is 100 Å². The Morgan fingerprint density at radius 3 is 0.907 bits per heavy atom. The summed E-state index contributed by atoms with van der Waals surface area (Å²) in [5, 5.41) is 0.